The van der Waals surface area contributed by atoms with E-state index in [9.17, 15) is 4.79 Å². The molecule has 0 fully saturated rings. The number of hydrogen-bond donors (Lipinski definition) is 1. The number of imidazole rings is 1. The smallest absolute Gasteiger partial charge is 0.248 e. The molecular weight excluding hydrogens is 286 g/mol. The Morgan fingerprint density at radius 2 is 1.90 bits per heavy atom. The number of rotatable bonds is 5. The Kier molecular flexibility index (Phi) is 5.78. The fraction of sp³-hybridized carbons (Fsp3) is 0.500. The number of amides is 1. The highest BCUT2D eigenvalue weighted by atomic mass is 35.5. The fourth-order valence-electron chi connectivity index (χ4n) is 2.42. The van der Waals surface area contributed by atoms with Gasteiger partial charge in [0.05, 0.1) is 11.0 Å². The molecule has 0 saturated heterocycles. The minimum atomic E-state index is -0.407. The third-order valence-electron chi connectivity index (χ3n) is 3.25. The number of carbonyl (C=O) groups excluding carboxylic acids is 1. The maximum Gasteiger partial charge on any atom is 0.248 e. The predicted molar refractivity (Wildman–Crippen MR) is 88.9 cm³/mol. The monoisotopic (exact) mass is 309 g/mol. The number of halogens is 1. The zero-order valence-electron chi connectivity index (χ0n) is 13.1. The largest absolute Gasteiger partial charge is 0.366 e. The van der Waals surface area contributed by atoms with Gasteiger partial charge in [-0.1, -0.05) is 27.7 Å². The van der Waals surface area contributed by atoms with Gasteiger partial charge in [-0.2, -0.15) is 0 Å². The Morgan fingerprint density at radius 3 is 2.43 bits per heavy atom. The van der Waals surface area contributed by atoms with Crippen molar-refractivity contribution in [2.45, 2.75) is 40.7 Å². The average molecular weight is 310 g/mol. The number of aromatic nitrogens is 2. The van der Waals surface area contributed by atoms with Crippen LogP contribution in [-0.2, 0) is 13.0 Å². The third-order valence-corrected chi connectivity index (χ3v) is 3.25. The molecule has 0 unspecified atom stereocenters. The van der Waals surface area contributed by atoms with Crippen LogP contribution in [0.3, 0.4) is 0 Å². The van der Waals surface area contributed by atoms with Crippen molar-refractivity contribution < 1.29 is 4.79 Å². The second kappa shape index (κ2) is 6.94. The first-order valence-corrected chi connectivity index (χ1v) is 7.17. The third kappa shape index (κ3) is 3.97. The number of fused-ring (bicyclic) bond motifs is 1. The molecule has 1 heterocycles. The normalized spacial score (nSPS) is 11.1. The van der Waals surface area contributed by atoms with E-state index in [0.717, 1.165) is 29.8 Å². The van der Waals surface area contributed by atoms with Gasteiger partial charge in [0.1, 0.15) is 5.82 Å². The number of benzene rings is 1. The van der Waals surface area contributed by atoms with Crippen molar-refractivity contribution in [3.8, 4) is 0 Å². The Hall–Kier alpha value is -1.55. The van der Waals surface area contributed by atoms with Crippen LogP contribution in [0.5, 0.6) is 0 Å². The molecule has 0 saturated carbocycles. The first-order chi connectivity index (χ1) is 9.38. The summed E-state index contributed by atoms with van der Waals surface area (Å²) in [4.78, 5) is 16.0. The highest BCUT2D eigenvalue weighted by Crippen LogP contribution is 2.21. The van der Waals surface area contributed by atoms with Gasteiger partial charge >= 0.3 is 0 Å². The van der Waals surface area contributed by atoms with Gasteiger partial charge in [0, 0.05) is 18.5 Å². The quantitative estimate of drug-likeness (QED) is 0.920. The van der Waals surface area contributed by atoms with E-state index in [0.29, 0.717) is 17.4 Å². The SMILES string of the molecule is CC(C)Cc1nc2cc(C(N)=O)ccc2n1CC(C)C.Cl. The summed E-state index contributed by atoms with van der Waals surface area (Å²) in [5.74, 6) is 1.78. The minimum absolute atomic E-state index is 0. The lowest BCUT2D eigenvalue weighted by atomic mass is 10.1. The van der Waals surface area contributed by atoms with Crippen LogP contribution < -0.4 is 5.73 Å². The van der Waals surface area contributed by atoms with Crippen molar-refractivity contribution in [1.29, 1.82) is 0 Å². The summed E-state index contributed by atoms with van der Waals surface area (Å²) in [5, 5.41) is 0. The molecule has 21 heavy (non-hydrogen) atoms. The van der Waals surface area contributed by atoms with Crippen LogP contribution in [0.2, 0.25) is 0 Å². The summed E-state index contributed by atoms with van der Waals surface area (Å²) < 4.78 is 2.27. The van der Waals surface area contributed by atoms with E-state index in [4.69, 9.17) is 10.7 Å². The van der Waals surface area contributed by atoms with Crippen LogP contribution >= 0.6 is 12.4 Å². The minimum Gasteiger partial charge on any atom is -0.366 e. The maximum absolute atomic E-state index is 11.3. The van der Waals surface area contributed by atoms with E-state index in [1.807, 2.05) is 6.07 Å². The van der Waals surface area contributed by atoms with Crippen molar-refractivity contribution in [1.82, 2.24) is 9.55 Å². The van der Waals surface area contributed by atoms with Crippen LogP contribution in [0.1, 0.15) is 43.9 Å². The summed E-state index contributed by atoms with van der Waals surface area (Å²) in [6.45, 7) is 9.71. The van der Waals surface area contributed by atoms with Crippen LogP contribution in [0.4, 0.5) is 0 Å². The molecule has 0 bridgehead atoms. The number of primary amides is 1. The summed E-state index contributed by atoms with van der Waals surface area (Å²) in [6.07, 6.45) is 0.938. The zero-order chi connectivity index (χ0) is 14.9. The highest BCUT2D eigenvalue weighted by Gasteiger charge is 2.14. The molecular formula is C16H24ClN3O. The lowest BCUT2D eigenvalue weighted by Crippen LogP contribution is -2.11. The number of carbonyl (C=O) groups is 1. The number of nitrogens with zero attached hydrogens (tertiary/aromatic N) is 2. The fourth-order valence-corrected chi connectivity index (χ4v) is 2.42. The zero-order valence-corrected chi connectivity index (χ0v) is 13.9. The van der Waals surface area contributed by atoms with Crippen molar-refractivity contribution >= 4 is 29.3 Å². The van der Waals surface area contributed by atoms with Crippen molar-refractivity contribution in [2.75, 3.05) is 0 Å². The van der Waals surface area contributed by atoms with Crippen LogP contribution in [0.25, 0.3) is 11.0 Å². The van der Waals surface area contributed by atoms with Crippen LogP contribution in [-0.4, -0.2) is 15.5 Å². The molecule has 0 radical (unpaired) electrons. The van der Waals surface area contributed by atoms with Gasteiger partial charge in [-0.15, -0.1) is 12.4 Å². The molecule has 0 aliphatic rings. The lowest BCUT2D eigenvalue weighted by Gasteiger charge is -2.13. The second-order valence-corrected chi connectivity index (χ2v) is 6.20. The molecule has 1 aromatic heterocycles. The van der Waals surface area contributed by atoms with E-state index in [1.165, 1.54) is 0 Å². The van der Waals surface area contributed by atoms with Gasteiger partial charge in [0.2, 0.25) is 5.91 Å². The lowest BCUT2D eigenvalue weighted by molar-refractivity contribution is 0.100. The van der Waals surface area contributed by atoms with Crippen molar-refractivity contribution in [2.24, 2.45) is 17.6 Å². The van der Waals surface area contributed by atoms with E-state index >= 15 is 0 Å². The number of hydrogen-bond acceptors (Lipinski definition) is 2. The molecule has 1 amide bonds. The molecule has 0 aliphatic heterocycles. The number of nitrogens with two attached hydrogens (primary N) is 1. The van der Waals surface area contributed by atoms with Gasteiger partial charge in [0.15, 0.2) is 0 Å². The Morgan fingerprint density at radius 1 is 1.24 bits per heavy atom. The van der Waals surface area contributed by atoms with E-state index in [-0.39, 0.29) is 12.4 Å². The predicted octanol–water partition coefficient (Wildman–Crippen LogP) is 3.41. The topological polar surface area (TPSA) is 60.9 Å². The molecule has 0 atom stereocenters. The first-order valence-electron chi connectivity index (χ1n) is 7.17. The summed E-state index contributed by atoms with van der Waals surface area (Å²) in [6, 6.07) is 5.52. The van der Waals surface area contributed by atoms with E-state index in [2.05, 4.69) is 32.3 Å². The Balaban J connectivity index is 0.00000220. The standard InChI is InChI=1S/C16H23N3O.ClH/c1-10(2)7-15-18-13-8-12(16(17)20)5-6-14(13)19(15)9-11(3)4;/h5-6,8,10-11H,7,9H2,1-4H3,(H2,17,20);1H. The molecule has 4 nitrogen and oxygen atoms in total. The summed E-state index contributed by atoms with van der Waals surface area (Å²) >= 11 is 0. The Labute approximate surface area is 132 Å². The molecule has 1 aromatic carbocycles. The molecule has 2 aromatic rings. The van der Waals surface area contributed by atoms with Crippen molar-refractivity contribution in [3.63, 3.8) is 0 Å². The summed E-state index contributed by atoms with van der Waals surface area (Å²) in [7, 11) is 0. The van der Waals surface area contributed by atoms with Gasteiger partial charge in [-0.05, 0) is 30.0 Å². The molecule has 2 rings (SSSR count). The first kappa shape index (κ1) is 17.5. The van der Waals surface area contributed by atoms with E-state index in [1.54, 1.807) is 12.1 Å². The average Bonchev–Trinajstić information content (AvgIpc) is 2.65. The van der Waals surface area contributed by atoms with Gasteiger partial charge in [-0.3, -0.25) is 4.79 Å². The Bertz CT molecular complexity index is 632. The summed E-state index contributed by atoms with van der Waals surface area (Å²) in [5.41, 5.74) is 7.80. The van der Waals surface area contributed by atoms with Gasteiger partial charge in [-0.25, -0.2) is 4.98 Å². The van der Waals surface area contributed by atoms with Crippen LogP contribution in [0.15, 0.2) is 18.2 Å². The molecule has 2 N–H and O–H groups in total. The molecule has 0 aliphatic carbocycles. The van der Waals surface area contributed by atoms with Gasteiger partial charge in [0.25, 0.3) is 0 Å². The van der Waals surface area contributed by atoms with Gasteiger partial charge < -0.3 is 10.3 Å². The molecule has 0 spiro atoms. The molecule has 116 valence electrons. The van der Waals surface area contributed by atoms with Crippen LogP contribution in [0, 0.1) is 11.8 Å². The maximum atomic E-state index is 11.3. The molecule has 5 heteroatoms. The van der Waals surface area contributed by atoms with Crippen molar-refractivity contribution in [3.05, 3.63) is 29.6 Å². The second-order valence-electron chi connectivity index (χ2n) is 6.20. The highest BCUT2D eigenvalue weighted by molar-refractivity contribution is 5.96. The van der Waals surface area contributed by atoms with E-state index < -0.39 is 5.91 Å².